The Morgan fingerprint density at radius 1 is 1.35 bits per heavy atom. The van der Waals surface area contributed by atoms with Gasteiger partial charge in [0, 0.05) is 30.6 Å². The lowest BCUT2D eigenvalue weighted by atomic mass is 9.70. The predicted octanol–water partition coefficient (Wildman–Crippen LogP) is 3.69. The number of piperidine rings is 1. The van der Waals surface area contributed by atoms with Gasteiger partial charge in [0.05, 0.1) is 17.3 Å². The zero-order valence-corrected chi connectivity index (χ0v) is 18.8. The van der Waals surface area contributed by atoms with Gasteiger partial charge in [-0.25, -0.2) is 14.4 Å². The SMILES string of the molecule is CC(C)Nc1ncc2c(n1)CN(C(=O)CC1(c3ccc(Cl)c(F)c3)CCNCC1)CC2. The van der Waals surface area contributed by atoms with Crippen LogP contribution < -0.4 is 10.6 Å². The first-order chi connectivity index (χ1) is 14.9. The maximum atomic E-state index is 14.2. The first-order valence-electron chi connectivity index (χ1n) is 10.9. The van der Waals surface area contributed by atoms with Crippen LogP contribution in [0.4, 0.5) is 10.3 Å². The first-order valence-corrected chi connectivity index (χ1v) is 11.3. The van der Waals surface area contributed by atoms with Gasteiger partial charge in [-0.2, -0.15) is 0 Å². The second-order valence-corrected chi connectivity index (χ2v) is 9.27. The fourth-order valence-electron chi connectivity index (χ4n) is 4.54. The number of benzene rings is 1. The van der Waals surface area contributed by atoms with E-state index in [1.54, 1.807) is 6.07 Å². The van der Waals surface area contributed by atoms with Gasteiger partial charge in [-0.3, -0.25) is 4.79 Å². The number of carbonyl (C=O) groups excluding carboxylic acids is 1. The monoisotopic (exact) mass is 445 g/mol. The molecule has 0 spiro atoms. The Labute approximate surface area is 187 Å². The second kappa shape index (κ2) is 9.09. The normalized spacial score (nSPS) is 18.0. The van der Waals surface area contributed by atoms with E-state index in [0.717, 1.165) is 49.2 Å². The van der Waals surface area contributed by atoms with Gasteiger partial charge in [-0.1, -0.05) is 17.7 Å². The highest BCUT2D eigenvalue weighted by molar-refractivity contribution is 6.30. The minimum Gasteiger partial charge on any atom is -0.352 e. The van der Waals surface area contributed by atoms with Crippen LogP contribution in [0.15, 0.2) is 24.4 Å². The number of nitrogens with one attached hydrogen (secondary N) is 2. The van der Waals surface area contributed by atoms with E-state index in [1.807, 2.05) is 31.0 Å². The molecule has 0 atom stereocenters. The Hall–Kier alpha value is -2.25. The van der Waals surface area contributed by atoms with Crippen LogP contribution in [0, 0.1) is 5.82 Å². The number of amides is 1. The van der Waals surface area contributed by atoms with Crippen molar-refractivity contribution in [1.82, 2.24) is 20.2 Å². The molecular formula is C23H29ClFN5O. The maximum Gasteiger partial charge on any atom is 0.223 e. The van der Waals surface area contributed by atoms with Crippen LogP contribution in [-0.2, 0) is 23.2 Å². The fraction of sp³-hybridized carbons (Fsp3) is 0.522. The lowest BCUT2D eigenvalue weighted by molar-refractivity contribution is -0.133. The van der Waals surface area contributed by atoms with Gasteiger partial charge >= 0.3 is 0 Å². The van der Waals surface area contributed by atoms with Crippen molar-refractivity contribution in [2.24, 2.45) is 0 Å². The van der Waals surface area contributed by atoms with Crippen molar-refractivity contribution in [2.45, 2.75) is 57.5 Å². The summed E-state index contributed by atoms with van der Waals surface area (Å²) in [6.45, 7) is 6.81. The molecule has 3 heterocycles. The van der Waals surface area contributed by atoms with Gasteiger partial charge in [0.1, 0.15) is 5.82 Å². The Kier molecular flexibility index (Phi) is 6.44. The second-order valence-electron chi connectivity index (χ2n) is 8.87. The highest BCUT2D eigenvalue weighted by atomic mass is 35.5. The van der Waals surface area contributed by atoms with Gasteiger partial charge in [0.15, 0.2) is 0 Å². The molecule has 166 valence electrons. The number of hydrogen-bond donors (Lipinski definition) is 2. The summed E-state index contributed by atoms with van der Waals surface area (Å²) in [7, 11) is 0. The average Bonchev–Trinajstić information content (AvgIpc) is 2.75. The van der Waals surface area contributed by atoms with Gasteiger partial charge in [-0.15, -0.1) is 0 Å². The number of carbonyl (C=O) groups is 1. The molecule has 0 unspecified atom stereocenters. The third-order valence-corrected chi connectivity index (χ3v) is 6.61. The van der Waals surface area contributed by atoms with Crippen molar-refractivity contribution in [3.8, 4) is 0 Å². The summed E-state index contributed by atoms with van der Waals surface area (Å²) in [5.74, 6) is 0.243. The lowest BCUT2D eigenvalue weighted by Crippen LogP contribution is -2.45. The van der Waals surface area contributed by atoms with Crippen molar-refractivity contribution < 1.29 is 9.18 Å². The minimum atomic E-state index is -0.432. The van der Waals surface area contributed by atoms with Crippen LogP contribution in [0.5, 0.6) is 0 Å². The van der Waals surface area contributed by atoms with E-state index in [9.17, 15) is 9.18 Å². The number of aromatic nitrogens is 2. The molecule has 6 nitrogen and oxygen atoms in total. The molecule has 1 aromatic carbocycles. The molecule has 2 aromatic rings. The minimum absolute atomic E-state index is 0.0832. The molecule has 0 aliphatic carbocycles. The topological polar surface area (TPSA) is 70.2 Å². The van der Waals surface area contributed by atoms with Crippen molar-refractivity contribution in [3.05, 3.63) is 52.1 Å². The number of fused-ring (bicyclic) bond motifs is 1. The summed E-state index contributed by atoms with van der Waals surface area (Å²) in [5.41, 5.74) is 2.46. The summed E-state index contributed by atoms with van der Waals surface area (Å²) in [6, 6.07) is 5.20. The molecular weight excluding hydrogens is 417 g/mol. The van der Waals surface area contributed by atoms with Crippen LogP contribution in [0.3, 0.4) is 0 Å². The lowest BCUT2D eigenvalue weighted by Gasteiger charge is -2.40. The summed E-state index contributed by atoms with van der Waals surface area (Å²) in [6.07, 6.45) is 4.53. The van der Waals surface area contributed by atoms with Crippen molar-refractivity contribution >= 4 is 23.5 Å². The van der Waals surface area contributed by atoms with Crippen molar-refractivity contribution in [3.63, 3.8) is 0 Å². The number of anilines is 1. The zero-order valence-electron chi connectivity index (χ0n) is 18.0. The smallest absolute Gasteiger partial charge is 0.223 e. The molecule has 2 N–H and O–H groups in total. The number of nitrogens with zero attached hydrogens (tertiary/aromatic N) is 3. The van der Waals surface area contributed by atoms with Gasteiger partial charge in [-0.05, 0) is 69.5 Å². The molecule has 4 rings (SSSR count). The maximum absolute atomic E-state index is 14.2. The quantitative estimate of drug-likeness (QED) is 0.734. The predicted molar refractivity (Wildman–Crippen MR) is 120 cm³/mol. The van der Waals surface area contributed by atoms with Crippen LogP contribution in [0.2, 0.25) is 5.02 Å². The molecule has 31 heavy (non-hydrogen) atoms. The number of halogens is 2. The van der Waals surface area contributed by atoms with Crippen molar-refractivity contribution in [2.75, 3.05) is 25.0 Å². The standard InChI is InChI=1S/C23H29ClFN5O/c1-15(2)28-22-27-13-16-5-10-30(14-20(16)29-22)21(31)12-23(6-8-26-9-7-23)17-3-4-18(24)19(25)11-17/h3-4,11,13,15,26H,5-10,12,14H2,1-2H3,(H,27,28,29). The molecule has 0 radical (unpaired) electrons. The van der Waals surface area contributed by atoms with Crippen LogP contribution >= 0.6 is 11.6 Å². The number of rotatable bonds is 5. The third kappa shape index (κ3) is 4.83. The summed E-state index contributed by atoms with van der Waals surface area (Å²) in [5, 5.41) is 6.69. The Balaban J connectivity index is 1.54. The van der Waals surface area contributed by atoms with Crippen LogP contribution in [-0.4, -0.2) is 46.5 Å². The molecule has 1 fully saturated rings. The zero-order chi connectivity index (χ0) is 22.0. The van der Waals surface area contributed by atoms with E-state index < -0.39 is 5.82 Å². The fourth-order valence-corrected chi connectivity index (χ4v) is 4.66. The number of hydrogen-bond acceptors (Lipinski definition) is 5. The molecule has 1 saturated heterocycles. The van der Waals surface area contributed by atoms with E-state index >= 15 is 0 Å². The Bertz CT molecular complexity index is 961. The molecule has 8 heteroatoms. The summed E-state index contributed by atoms with van der Waals surface area (Å²) in [4.78, 5) is 24.3. The Morgan fingerprint density at radius 3 is 2.84 bits per heavy atom. The van der Waals surface area contributed by atoms with Gasteiger partial charge < -0.3 is 15.5 Å². The third-order valence-electron chi connectivity index (χ3n) is 6.30. The van der Waals surface area contributed by atoms with E-state index in [1.165, 1.54) is 6.07 Å². The molecule has 1 aromatic heterocycles. The van der Waals surface area contributed by atoms with Gasteiger partial charge in [0.25, 0.3) is 0 Å². The van der Waals surface area contributed by atoms with Crippen molar-refractivity contribution in [1.29, 1.82) is 0 Å². The van der Waals surface area contributed by atoms with E-state index in [2.05, 4.69) is 20.6 Å². The molecule has 1 amide bonds. The summed E-state index contributed by atoms with van der Waals surface area (Å²) < 4.78 is 14.2. The van der Waals surface area contributed by atoms with Crippen LogP contribution in [0.25, 0.3) is 0 Å². The average molecular weight is 446 g/mol. The molecule has 0 bridgehead atoms. The van der Waals surface area contributed by atoms with E-state index in [0.29, 0.717) is 25.5 Å². The Morgan fingerprint density at radius 2 is 2.13 bits per heavy atom. The van der Waals surface area contributed by atoms with E-state index in [4.69, 9.17) is 11.6 Å². The molecule has 2 aliphatic heterocycles. The highest BCUT2D eigenvalue weighted by Crippen LogP contribution is 2.39. The van der Waals surface area contributed by atoms with Gasteiger partial charge in [0.2, 0.25) is 11.9 Å². The van der Waals surface area contributed by atoms with Crippen LogP contribution in [0.1, 0.15) is 49.9 Å². The molecule has 0 saturated carbocycles. The summed E-state index contributed by atoms with van der Waals surface area (Å²) >= 11 is 5.90. The molecule has 2 aliphatic rings. The van der Waals surface area contributed by atoms with E-state index in [-0.39, 0.29) is 22.4 Å². The highest BCUT2D eigenvalue weighted by Gasteiger charge is 2.38. The largest absolute Gasteiger partial charge is 0.352 e. The first kappa shape index (κ1) is 22.0.